The molecule has 0 heterocycles. The summed E-state index contributed by atoms with van der Waals surface area (Å²) in [5, 5.41) is 0. The molecule has 0 bridgehead atoms. The Hall–Kier alpha value is -0.760. The molecule has 0 spiro atoms. The quantitative estimate of drug-likeness (QED) is 0.603. The van der Waals surface area contributed by atoms with Crippen molar-refractivity contribution in [1.82, 2.24) is 4.90 Å². The van der Waals surface area contributed by atoms with Crippen LogP contribution in [0, 0.1) is 29.1 Å². The standard InChI is InChI=1S/C18H26O5S.C6H15N/c1-18-9-8-14-13-5-3-12(19)10-11(13)2-4-15(14)16(18)6-7-17(18)23-24(20,21)22;1-4-7(5-2)6-3/h10,13-17H,2-9H2,1H3,(H,20,21,22);4-6H2,1-3H3/t13-,14+,15+,16-,17-,18-;/m0./s1/i1D3;. The molecule has 6 nitrogen and oxygen atoms in total. The van der Waals surface area contributed by atoms with Gasteiger partial charge in [0.2, 0.25) is 0 Å². The van der Waals surface area contributed by atoms with Gasteiger partial charge in [-0.05, 0) is 99.7 Å². The van der Waals surface area contributed by atoms with Gasteiger partial charge in [0, 0.05) is 10.5 Å². The molecule has 0 aliphatic heterocycles. The molecule has 0 aromatic heterocycles. The summed E-state index contributed by atoms with van der Waals surface area (Å²) in [5.74, 6) is 0.940. The van der Waals surface area contributed by atoms with Gasteiger partial charge in [0.25, 0.3) is 0 Å². The Bertz CT molecular complexity index is 865. The molecule has 7 heteroatoms. The Labute approximate surface area is 193 Å². The van der Waals surface area contributed by atoms with Crippen LogP contribution in [0.5, 0.6) is 0 Å². The Balaban J connectivity index is 0.000000406. The van der Waals surface area contributed by atoms with E-state index in [1.54, 1.807) is 6.08 Å². The molecule has 0 unspecified atom stereocenters. The van der Waals surface area contributed by atoms with Gasteiger partial charge in [0.1, 0.15) is 0 Å². The zero-order valence-corrected chi connectivity index (χ0v) is 20.0. The van der Waals surface area contributed by atoms with Gasteiger partial charge in [-0.25, -0.2) is 4.18 Å². The molecule has 4 aliphatic carbocycles. The van der Waals surface area contributed by atoms with E-state index in [4.69, 9.17) is 8.30 Å². The zero-order chi connectivity index (χ0) is 25.3. The fourth-order valence-corrected chi connectivity index (χ4v) is 7.32. The summed E-state index contributed by atoms with van der Waals surface area (Å²) >= 11 is 0. The molecular weight excluding hydrogens is 414 g/mol. The van der Waals surface area contributed by atoms with Gasteiger partial charge in [-0.15, -0.1) is 0 Å². The molecule has 0 saturated heterocycles. The summed E-state index contributed by atoms with van der Waals surface area (Å²) in [6.45, 7) is 7.77. The lowest BCUT2D eigenvalue weighted by atomic mass is 9.52. The number of ketones is 1. The summed E-state index contributed by atoms with van der Waals surface area (Å²) in [5.41, 5.74) is -0.00650. The number of rotatable bonds is 5. The normalized spacial score (nSPS) is 39.1. The van der Waals surface area contributed by atoms with Crippen molar-refractivity contribution in [3.8, 4) is 0 Å². The summed E-state index contributed by atoms with van der Waals surface area (Å²) in [7, 11) is -4.71. The van der Waals surface area contributed by atoms with Gasteiger partial charge in [-0.1, -0.05) is 33.2 Å². The lowest BCUT2D eigenvalue weighted by Gasteiger charge is -2.53. The van der Waals surface area contributed by atoms with E-state index in [-0.39, 0.29) is 17.6 Å². The number of fused-ring (bicyclic) bond motifs is 5. The van der Waals surface area contributed by atoms with Crippen molar-refractivity contribution >= 4 is 16.2 Å². The fraction of sp³-hybridized carbons (Fsp3) is 0.875. The van der Waals surface area contributed by atoms with Gasteiger partial charge in [0.05, 0.1) is 6.10 Å². The first-order chi connectivity index (χ1) is 15.9. The number of hydrogen-bond acceptors (Lipinski definition) is 5. The van der Waals surface area contributed by atoms with Crippen LogP contribution in [-0.2, 0) is 19.4 Å². The van der Waals surface area contributed by atoms with E-state index >= 15 is 0 Å². The molecule has 0 aromatic carbocycles. The van der Waals surface area contributed by atoms with Crippen molar-refractivity contribution in [3.05, 3.63) is 11.6 Å². The van der Waals surface area contributed by atoms with Crippen molar-refractivity contribution in [2.24, 2.45) is 29.1 Å². The van der Waals surface area contributed by atoms with Crippen LogP contribution in [0.4, 0.5) is 0 Å². The molecule has 4 aliphatic rings. The summed E-state index contributed by atoms with van der Waals surface area (Å²) in [6, 6.07) is 0. The predicted octanol–water partition coefficient (Wildman–Crippen LogP) is 4.66. The third-order valence-electron chi connectivity index (χ3n) is 8.32. The zero-order valence-electron chi connectivity index (χ0n) is 22.2. The van der Waals surface area contributed by atoms with Gasteiger partial charge in [-0.2, -0.15) is 8.42 Å². The number of allylic oxidation sites excluding steroid dienone is 1. The Morgan fingerprint density at radius 3 is 2.39 bits per heavy atom. The molecule has 3 saturated carbocycles. The topological polar surface area (TPSA) is 83.9 Å². The second kappa shape index (κ2) is 10.0. The van der Waals surface area contributed by atoms with Gasteiger partial charge >= 0.3 is 10.4 Å². The molecule has 0 aromatic rings. The van der Waals surface area contributed by atoms with E-state index in [1.165, 1.54) is 25.2 Å². The minimum atomic E-state index is -4.71. The van der Waals surface area contributed by atoms with Crippen LogP contribution in [0.25, 0.3) is 0 Å². The molecule has 0 radical (unpaired) electrons. The number of carbonyl (C=O) groups is 1. The van der Waals surface area contributed by atoms with Crippen LogP contribution >= 0.6 is 0 Å². The first kappa shape index (κ1) is 20.8. The molecule has 31 heavy (non-hydrogen) atoms. The van der Waals surface area contributed by atoms with Gasteiger partial charge in [-0.3, -0.25) is 9.35 Å². The monoisotopic (exact) mass is 458 g/mol. The lowest BCUT2D eigenvalue weighted by molar-refractivity contribution is -0.116. The summed E-state index contributed by atoms with van der Waals surface area (Å²) in [4.78, 5) is 14.1. The van der Waals surface area contributed by atoms with Crippen LogP contribution in [-0.4, -0.2) is 49.4 Å². The SMILES string of the molecule is CCN(CC)CC.[2H]C([2H])([2H])[C@]12CC[C@H]3[C@@H](CCC4=CC(=O)CC[C@@H]43)[C@@H]1CC[C@@H]2OS(=O)(=O)O. The van der Waals surface area contributed by atoms with Crippen LogP contribution in [0.15, 0.2) is 11.6 Å². The van der Waals surface area contributed by atoms with E-state index in [9.17, 15) is 17.8 Å². The van der Waals surface area contributed by atoms with Crippen molar-refractivity contribution in [2.75, 3.05) is 19.6 Å². The summed E-state index contributed by atoms with van der Waals surface area (Å²) in [6.07, 6.45) is 5.84. The highest BCUT2D eigenvalue weighted by atomic mass is 32.3. The molecule has 3 fully saturated rings. The van der Waals surface area contributed by atoms with Crippen LogP contribution in [0.3, 0.4) is 0 Å². The first-order valence-corrected chi connectivity index (χ1v) is 13.4. The van der Waals surface area contributed by atoms with E-state index in [1.807, 2.05) is 0 Å². The number of nitrogens with zero attached hydrogens (tertiary/aromatic N) is 1. The van der Waals surface area contributed by atoms with Crippen molar-refractivity contribution in [3.63, 3.8) is 0 Å². The molecule has 0 amide bonds. The maximum Gasteiger partial charge on any atom is 0.397 e. The minimum Gasteiger partial charge on any atom is -0.304 e. The second-order valence-electron chi connectivity index (χ2n) is 9.59. The third-order valence-corrected chi connectivity index (χ3v) is 8.80. The number of carbonyl (C=O) groups excluding carboxylic acids is 1. The maximum absolute atomic E-state index is 11.8. The van der Waals surface area contributed by atoms with Crippen LogP contribution in [0.1, 0.15) is 83.1 Å². The molecule has 6 atom stereocenters. The highest BCUT2D eigenvalue weighted by molar-refractivity contribution is 7.80. The average Bonchev–Trinajstić information content (AvgIpc) is 3.13. The smallest absolute Gasteiger partial charge is 0.304 e. The van der Waals surface area contributed by atoms with Crippen LogP contribution in [0.2, 0.25) is 0 Å². The lowest BCUT2D eigenvalue weighted by Crippen LogP contribution is -2.48. The third kappa shape index (κ3) is 5.43. The maximum atomic E-state index is 11.8. The first-order valence-electron chi connectivity index (χ1n) is 13.5. The summed E-state index contributed by atoms with van der Waals surface area (Å²) < 4.78 is 61.4. The average molecular weight is 459 g/mol. The van der Waals surface area contributed by atoms with Crippen LogP contribution < -0.4 is 0 Å². The number of hydrogen-bond donors (Lipinski definition) is 1. The largest absolute Gasteiger partial charge is 0.397 e. The molecule has 178 valence electrons. The Morgan fingerprint density at radius 2 is 1.81 bits per heavy atom. The van der Waals surface area contributed by atoms with E-state index < -0.39 is 28.8 Å². The van der Waals surface area contributed by atoms with Gasteiger partial charge < -0.3 is 4.90 Å². The molecular formula is C24H41NO5S. The van der Waals surface area contributed by atoms with Crippen molar-refractivity contribution in [1.29, 1.82) is 0 Å². The minimum absolute atomic E-state index is 0.144. The molecule has 4 rings (SSSR count). The van der Waals surface area contributed by atoms with Gasteiger partial charge in [0.15, 0.2) is 5.78 Å². The Kier molecular flexibility index (Phi) is 6.73. The van der Waals surface area contributed by atoms with Crippen molar-refractivity contribution in [2.45, 2.75) is 85.1 Å². The predicted molar refractivity (Wildman–Crippen MR) is 122 cm³/mol. The molecule has 1 N–H and O–H groups in total. The van der Waals surface area contributed by atoms with E-state index in [0.29, 0.717) is 43.9 Å². The fourth-order valence-electron chi connectivity index (χ4n) is 6.76. The Morgan fingerprint density at radius 1 is 1.10 bits per heavy atom. The highest BCUT2D eigenvalue weighted by Gasteiger charge is 2.57. The van der Waals surface area contributed by atoms with E-state index in [2.05, 4.69) is 25.7 Å². The van der Waals surface area contributed by atoms with E-state index in [0.717, 1.165) is 19.3 Å². The highest BCUT2D eigenvalue weighted by Crippen LogP contribution is 2.62. The second-order valence-corrected chi connectivity index (χ2v) is 10.6. The van der Waals surface area contributed by atoms with Crippen molar-refractivity contribution < 1.29 is 26.1 Å².